The van der Waals surface area contributed by atoms with Crippen LogP contribution in [0.25, 0.3) is 11.1 Å². The van der Waals surface area contributed by atoms with Gasteiger partial charge in [-0.05, 0) is 95.2 Å². The lowest BCUT2D eigenvalue weighted by molar-refractivity contribution is 0.0907. The van der Waals surface area contributed by atoms with E-state index in [0.717, 1.165) is 46.5 Å². The van der Waals surface area contributed by atoms with Gasteiger partial charge in [-0.3, -0.25) is 10.2 Å². The molecule has 0 radical (unpaired) electrons. The molecular weight excluding hydrogens is 672 g/mol. The first kappa shape index (κ1) is 31.2. The molecule has 224 valence electrons. The number of rotatable bonds is 9. The zero-order valence-electron chi connectivity index (χ0n) is 24.8. The molecule has 11 heteroatoms. The van der Waals surface area contributed by atoms with E-state index in [1.165, 1.54) is 18.4 Å². The number of piperidine rings is 1. The summed E-state index contributed by atoms with van der Waals surface area (Å²) >= 11 is 2.28. The molecule has 0 spiro atoms. The number of anilines is 1. The first-order chi connectivity index (χ1) is 20.6. The molecule has 0 saturated carbocycles. The molecule has 43 heavy (non-hydrogen) atoms. The number of halogens is 1. The van der Waals surface area contributed by atoms with E-state index in [4.69, 9.17) is 14.9 Å². The normalized spacial score (nSPS) is 14.3. The highest BCUT2D eigenvalue weighted by Gasteiger charge is 2.24. The van der Waals surface area contributed by atoms with Crippen molar-refractivity contribution in [3.05, 3.63) is 94.3 Å². The third kappa shape index (κ3) is 7.48. The summed E-state index contributed by atoms with van der Waals surface area (Å²) in [6.07, 6.45) is 4.63. The van der Waals surface area contributed by atoms with Crippen LogP contribution < -0.4 is 15.7 Å². The number of pyridine rings is 1. The van der Waals surface area contributed by atoms with Crippen LogP contribution in [0.15, 0.2) is 59.3 Å². The van der Waals surface area contributed by atoms with Gasteiger partial charge < -0.3 is 20.2 Å². The van der Waals surface area contributed by atoms with Gasteiger partial charge in [0.25, 0.3) is 0 Å². The molecule has 1 saturated heterocycles. The lowest BCUT2D eigenvalue weighted by Crippen LogP contribution is -2.26. The summed E-state index contributed by atoms with van der Waals surface area (Å²) in [4.78, 5) is 21.6. The Kier molecular flexibility index (Phi) is 9.88. The molecule has 9 nitrogen and oxygen atoms in total. The van der Waals surface area contributed by atoms with Gasteiger partial charge in [-0.25, -0.2) is 4.98 Å². The minimum absolute atomic E-state index is 0.0507. The van der Waals surface area contributed by atoms with Gasteiger partial charge in [0, 0.05) is 41.2 Å². The second-order valence-electron chi connectivity index (χ2n) is 11.9. The predicted octanol–water partition coefficient (Wildman–Crippen LogP) is 6.91. The Morgan fingerprint density at radius 3 is 2.51 bits per heavy atom. The molecule has 2 aromatic heterocycles. The minimum Gasteiger partial charge on any atom is -0.344 e. The Bertz CT molecular complexity index is 1610. The average molecular weight is 710 g/mol. The van der Waals surface area contributed by atoms with Crippen LogP contribution in [0.2, 0.25) is 0 Å². The summed E-state index contributed by atoms with van der Waals surface area (Å²) < 4.78 is 5.16. The Hall–Kier alpha value is -3.21. The first-order valence-corrected chi connectivity index (χ1v) is 18.5. The van der Waals surface area contributed by atoms with Crippen LogP contribution in [0.4, 0.5) is 5.82 Å². The van der Waals surface area contributed by atoms with E-state index in [0.29, 0.717) is 36.2 Å². The molecule has 1 fully saturated rings. The number of carbonyl (C=O) groups excluding carboxylic acids is 1. The molecule has 1 aliphatic rings. The maximum absolute atomic E-state index is 12.6. The summed E-state index contributed by atoms with van der Waals surface area (Å²) in [5, 5.41) is 22.7. The van der Waals surface area contributed by atoms with Gasteiger partial charge in [0.15, 0.2) is 5.82 Å². The predicted molar refractivity (Wildman–Crippen MR) is 182 cm³/mol. The minimum atomic E-state index is -0.416. The number of nitrogens with zero attached hydrogens (tertiary/aromatic N) is 3. The Morgan fingerprint density at radius 1 is 1.12 bits per heavy atom. The van der Waals surface area contributed by atoms with Gasteiger partial charge in [-0.15, -0.1) is 0 Å². The van der Waals surface area contributed by atoms with Crippen molar-refractivity contribution >= 4 is 45.9 Å². The SMILES string of the molecule is Cc1cc(C(=N)c2cc(-c3ccc(C4CCNCC4)cc3)cnc2NPI)ccc1CNC(=O)c1nc(C(C)(C)C)no1. The molecule has 1 aliphatic heterocycles. The maximum Gasteiger partial charge on any atom is 0.315 e. The van der Waals surface area contributed by atoms with Crippen LogP contribution in [0.3, 0.4) is 0 Å². The summed E-state index contributed by atoms with van der Waals surface area (Å²) in [5.74, 6) is 1.32. The molecule has 0 aliphatic carbocycles. The zero-order valence-corrected chi connectivity index (χ0v) is 28.0. The van der Waals surface area contributed by atoms with Crippen molar-refractivity contribution in [1.29, 1.82) is 5.41 Å². The van der Waals surface area contributed by atoms with Gasteiger partial charge in [-0.1, -0.05) is 62.3 Å². The summed E-state index contributed by atoms with van der Waals surface area (Å²) in [6, 6.07) is 16.7. The van der Waals surface area contributed by atoms with Crippen molar-refractivity contribution in [2.24, 2.45) is 0 Å². The summed E-state index contributed by atoms with van der Waals surface area (Å²) in [6.45, 7) is 10.3. The zero-order chi connectivity index (χ0) is 30.6. The third-order valence-corrected chi connectivity index (χ3v) is 8.88. The molecule has 4 N–H and O–H groups in total. The fraction of sp³-hybridized carbons (Fsp3) is 0.344. The topological polar surface area (TPSA) is 129 Å². The van der Waals surface area contributed by atoms with Crippen LogP contribution in [0, 0.1) is 12.3 Å². The fourth-order valence-corrected chi connectivity index (χ4v) is 6.19. The highest BCUT2D eigenvalue weighted by atomic mass is 127. The van der Waals surface area contributed by atoms with Crippen LogP contribution in [0.5, 0.6) is 0 Å². The standard InChI is InChI=1S/C32H37IN7O2P/c1-19-15-23(9-10-24(19)17-37-29(41)30-38-31(39-42-30)32(2,3)4)27(34)26-16-25(18-36-28(26)40-43-33)21-7-5-20(6-8-21)22-11-13-35-14-12-22/h5-10,15-16,18,22,34-35,43H,11-14,17H2,1-4H3,(H,36,40)(H,37,41). The monoisotopic (exact) mass is 709 g/mol. The Morgan fingerprint density at radius 2 is 1.86 bits per heavy atom. The highest BCUT2D eigenvalue weighted by molar-refractivity contribution is 14.2. The molecule has 1 amide bonds. The largest absolute Gasteiger partial charge is 0.344 e. The van der Waals surface area contributed by atoms with Crippen molar-refractivity contribution in [2.75, 3.05) is 18.2 Å². The van der Waals surface area contributed by atoms with Crippen molar-refractivity contribution in [3.63, 3.8) is 0 Å². The third-order valence-electron chi connectivity index (χ3n) is 7.74. The first-order valence-electron chi connectivity index (χ1n) is 14.4. The molecule has 2 aromatic carbocycles. The number of nitrogens with one attached hydrogen (secondary N) is 4. The van der Waals surface area contributed by atoms with Gasteiger partial charge in [0.05, 0.1) is 5.71 Å². The van der Waals surface area contributed by atoms with E-state index in [9.17, 15) is 4.79 Å². The molecule has 3 heterocycles. The van der Waals surface area contributed by atoms with E-state index in [2.05, 4.69) is 72.2 Å². The lowest BCUT2D eigenvalue weighted by Gasteiger charge is -2.23. The van der Waals surface area contributed by atoms with E-state index in [1.54, 1.807) is 0 Å². The number of amides is 1. The molecule has 1 atom stereocenters. The fourth-order valence-electron chi connectivity index (χ4n) is 5.14. The number of hydrogen-bond acceptors (Lipinski definition) is 8. The molecule has 5 rings (SSSR count). The van der Waals surface area contributed by atoms with Gasteiger partial charge >= 0.3 is 11.8 Å². The van der Waals surface area contributed by atoms with E-state index in [1.807, 2.05) is 58.2 Å². The maximum atomic E-state index is 12.6. The van der Waals surface area contributed by atoms with Gasteiger partial charge in [0.2, 0.25) is 0 Å². The second-order valence-corrected chi connectivity index (χ2v) is 13.9. The molecular formula is C32H37IN7O2P. The number of hydrogen-bond donors (Lipinski definition) is 4. The molecule has 4 aromatic rings. The average Bonchev–Trinajstić information content (AvgIpc) is 3.53. The van der Waals surface area contributed by atoms with Crippen molar-refractivity contribution in [1.82, 2.24) is 25.8 Å². The highest BCUT2D eigenvalue weighted by Crippen LogP contribution is 2.32. The van der Waals surface area contributed by atoms with Crippen LogP contribution in [-0.2, 0) is 12.0 Å². The number of benzene rings is 2. The van der Waals surface area contributed by atoms with Crippen LogP contribution in [-0.4, -0.2) is 39.8 Å². The second kappa shape index (κ2) is 13.6. The van der Waals surface area contributed by atoms with E-state index >= 15 is 0 Å². The number of carbonyl (C=O) groups is 1. The quantitative estimate of drug-likeness (QED) is 0.0846. The summed E-state index contributed by atoms with van der Waals surface area (Å²) in [5.41, 5.74) is 6.95. The van der Waals surface area contributed by atoms with Crippen molar-refractivity contribution < 1.29 is 9.32 Å². The Labute approximate surface area is 267 Å². The van der Waals surface area contributed by atoms with Gasteiger partial charge in [-0.2, -0.15) is 4.98 Å². The number of aryl methyl sites for hydroxylation is 1. The summed E-state index contributed by atoms with van der Waals surface area (Å²) in [7, 11) is 0. The smallest absolute Gasteiger partial charge is 0.315 e. The molecule has 1 unspecified atom stereocenters. The van der Waals surface area contributed by atoms with E-state index in [-0.39, 0.29) is 11.3 Å². The van der Waals surface area contributed by atoms with Crippen molar-refractivity contribution in [2.45, 2.75) is 58.4 Å². The van der Waals surface area contributed by atoms with Crippen molar-refractivity contribution in [3.8, 4) is 11.1 Å². The van der Waals surface area contributed by atoms with E-state index < -0.39 is 5.91 Å². The van der Waals surface area contributed by atoms with Crippen LogP contribution in [0.1, 0.15) is 83.9 Å². The van der Waals surface area contributed by atoms with Gasteiger partial charge in [0.1, 0.15) is 5.82 Å². The van der Waals surface area contributed by atoms with Crippen LogP contribution >= 0.6 is 28.4 Å². The molecule has 0 bridgehead atoms. The Balaban J connectivity index is 1.32. The number of aromatic nitrogens is 3. The lowest BCUT2D eigenvalue weighted by atomic mass is 9.89.